The lowest BCUT2D eigenvalue weighted by atomic mass is 9.88. The fraction of sp³-hybridized carbons (Fsp3) is 0.273. The second kappa shape index (κ2) is 11.1. The average molecular weight is 570 g/mol. The first-order valence-corrected chi connectivity index (χ1v) is 14.2. The number of H-pyrrole nitrogens is 1. The molecule has 216 valence electrons. The summed E-state index contributed by atoms with van der Waals surface area (Å²) in [5, 5.41) is 5.02. The minimum Gasteiger partial charge on any atom is -0.457 e. The van der Waals surface area contributed by atoms with Gasteiger partial charge in [0.2, 0.25) is 5.78 Å². The topological polar surface area (TPSA) is 89.2 Å². The van der Waals surface area contributed by atoms with Gasteiger partial charge in [0.25, 0.3) is 0 Å². The number of aromatic nitrogens is 3. The van der Waals surface area contributed by atoms with Gasteiger partial charge in [-0.05, 0) is 112 Å². The maximum absolute atomic E-state index is 15.2. The lowest BCUT2D eigenvalue weighted by molar-refractivity contribution is 0.103. The van der Waals surface area contributed by atoms with Crippen LogP contribution < -0.4 is 10.5 Å². The highest BCUT2D eigenvalue weighted by Gasteiger charge is 2.26. The van der Waals surface area contributed by atoms with Crippen molar-refractivity contribution in [3.05, 3.63) is 101 Å². The van der Waals surface area contributed by atoms with Crippen LogP contribution in [-0.4, -0.2) is 44.6 Å². The Balaban J connectivity index is 1.23. The number of nitrogens with zero attached hydrogens (tertiary/aromatic N) is 3. The number of likely N-dealkylation sites (tertiary alicyclic amines) is 1. The van der Waals surface area contributed by atoms with Crippen LogP contribution in [0.25, 0.3) is 16.6 Å². The zero-order valence-corrected chi connectivity index (χ0v) is 23.8. The van der Waals surface area contributed by atoms with Gasteiger partial charge in [-0.3, -0.25) is 4.79 Å². The summed E-state index contributed by atoms with van der Waals surface area (Å²) in [5.74, 6) is 0.292. The van der Waals surface area contributed by atoms with Crippen LogP contribution in [0.2, 0.25) is 0 Å². The maximum atomic E-state index is 15.2. The Hall–Kier alpha value is -4.50. The van der Waals surface area contributed by atoms with Crippen molar-refractivity contribution in [3.63, 3.8) is 0 Å². The number of fused-ring (bicyclic) bond motifs is 1. The van der Waals surface area contributed by atoms with E-state index in [0.717, 1.165) is 37.0 Å². The number of benzene rings is 3. The van der Waals surface area contributed by atoms with Crippen molar-refractivity contribution in [3.8, 4) is 17.2 Å². The van der Waals surface area contributed by atoms with E-state index in [9.17, 15) is 9.18 Å². The molecule has 3 heterocycles. The van der Waals surface area contributed by atoms with E-state index in [0.29, 0.717) is 39.9 Å². The molecule has 0 saturated carbocycles. The van der Waals surface area contributed by atoms with Gasteiger partial charge in [0.1, 0.15) is 29.0 Å². The van der Waals surface area contributed by atoms with Crippen molar-refractivity contribution in [2.45, 2.75) is 45.6 Å². The number of rotatable bonds is 7. The number of carbonyl (C=O) groups is 1. The first kappa shape index (κ1) is 27.7. The first-order chi connectivity index (χ1) is 20.2. The van der Waals surface area contributed by atoms with E-state index in [1.54, 1.807) is 36.4 Å². The van der Waals surface area contributed by atoms with E-state index >= 15 is 4.39 Å². The molecule has 3 aromatic carbocycles. The number of nitrogens with two attached hydrogens (primary N) is 1. The number of nitrogen functional groups attached to an aromatic ring is 1. The van der Waals surface area contributed by atoms with Gasteiger partial charge in [0, 0.05) is 23.0 Å². The number of carbonyl (C=O) groups excluding carboxylic acids is 1. The van der Waals surface area contributed by atoms with Crippen molar-refractivity contribution in [2.24, 2.45) is 0 Å². The van der Waals surface area contributed by atoms with Crippen LogP contribution in [0.15, 0.2) is 66.9 Å². The minimum absolute atomic E-state index is 0.148. The Morgan fingerprint density at radius 1 is 1.05 bits per heavy atom. The Bertz CT molecular complexity index is 1780. The molecule has 1 aliphatic heterocycles. The number of aromatic amines is 1. The van der Waals surface area contributed by atoms with Gasteiger partial charge < -0.3 is 20.4 Å². The molecule has 0 unspecified atom stereocenters. The molecule has 0 spiro atoms. The summed E-state index contributed by atoms with van der Waals surface area (Å²) in [6.45, 7) is 8.13. The summed E-state index contributed by atoms with van der Waals surface area (Å²) in [7, 11) is 0. The highest BCUT2D eigenvalue weighted by Crippen LogP contribution is 2.34. The predicted octanol–water partition coefficient (Wildman–Crippen LogP) is 7.13. The van der Waals surface area contributed by atoms with Gasteiger partial charge in [0.05, 0.1) is 23.1 Å². The molecule has 7 nitrogen and oxygen atoms in total. The van der Waals surface area contributed by atoms with Crippen molar-refractivity contribution in [2.75, 3.05) is 18.8 Å². The molecule has 1 aliphatic rings. The molecule has 0 aliphatic carbocycles. The molecule has 0 atom stereocenters. The van der Waals surface area contributed by atoms with Crippen molar-refractivity contribution in [1.29, 1.82) is 0 Å². The summed E-state index contributed by atoms with van der Waals surface area (Å²) in [4.78, 5) is 19.1. The Morgan fingerprint density at radius 3 is 2.52 bits per heavy atom. The fourth-order valence-electron chi connectivity index (χ4n) is 5.80. The smallest absolute Gasteiger partial charge is 0.214 e. The van der Waals surface area contributed by atoms with Gasteiger partial charge in [-0.15, -0.1) is 0 Å². The molecule has 6 rings (SSSR count). The Kier molecular flexibility index (Phi) is 7.28. The van der Waals surface area contributed by atoms with Crippen molar-refractivity contribution >= 4 is 22.5 Å². The lowest BCUT2D eigenvalue weighted by Gasteiger charge is -2.34. The maximum Gasteiger partial charge on any atom is 0.214 e. The number of halogens is 2. The molecule has 0 amide bonds. The Labute approximate surface area is 242 Å². The third-order valence-electron chi connectivity index (χ3n) is 8.16. The molecule has 1 fully saturated rings. The molecule has 42 heavy (non-hydrogen) atoms. The largest absolute Gasteiger partial charge is 0.457 e. The van der Waals surface area contributed by atoms with Crippen LogP contribution in [-0.2, 0) is 0 Å². The number of aryl methyl sites for hydroxylation is 1. The first-order valence-electron chi connectivity index (χ1n) is 14.2. The summed E-state index contributed by atoms with van der Waals surface area (Å²) < 4.78 is 36.0. The highest BCUT2D eigenvalue weighted by molar-refractivity contribution is 6.12. The molecule has 0 bridgehead atoms. The zero-order chi connectivity index (χ0) is 29.5. The molecular weight excluding hydrogens is 536 g/mol. The van der Waals surface area contributed by atoms with Crippen LogP contribution in [0, 0.1) is 18.6 Å². The summed E-state index contributed by atoms with van der Waals surface area (Å²) in [5.41, 5.74) is 9.86. The molecule has 5 aromatic rings. The van der Waals surface area contributed by atoms with E-state index in [2.05, 4.69) is 28.8 Å². The number of ketones is 1. The lowest BCUT2D eigenvalue weighted by Crippen LogP contribution is -2.38. The normalized spacial score (nSPS) is 14.6. The molecule has 1 saturated heterocycles. The standard InChI is InChI=1S/C33H33F2N5O2/c1-19(2)39-11-9-21(10-12-39)26-17-29-22(14-28(26)35)15-30(38-29)32(41)27-18-37-40(33(27)36)31-8-7-25(13-20(31)3)42-24-6-4-5-23(34)16-24/h4-8,13-19,21,38H,9-12,36H2,1-3H3. The van der Waals surface area contributed by atoms with Crippen LogP contribution in [0.1, 0.15) is 59.8 Å². The highest BCUT2D eigenvalue weighted by atomic mass is 19.1. The van der Waals surface area contributed by atoms with Crippen molar-refractivity contribution in [1.82, 2.24) is 19.7 Å². The second-order valence-electron chi connectivity index (χ2n) is 11.2. The van der Waals surface area contributed by atoms with Gasteiger partial charge in [-0.25, -0.2) is 13.5 Å². The van der Waals surface area contributed by atoms with Gasteiger partial charge in [-0.2, -0.15) is 5.10 Å². The van der Waals surface area contributed by atoms with Crippen LogP contribution in [0.5, 0.6) is 11.5 Å². The fourth-order valence-corrected chi connectivity index (χ4v) is 5.80. The van der Waals surface area contributed by atoms with Crippen LogP contribution >= 0.6 is 0 Å². The number of anilines is 1. The molecular formula is C33H33F2N5O2. The second-order valence-corrected chi connectivity index (χ2v) is 11.2. The number of nitrogens with one attached hydrogen (secondary N) is 1. The number of ether oxygens (including phenoxy) is 1. The summed E-state index contributed by atoms with van der Waals surface area (Å²) >= 11 is 0. The summed E-state index contributed by atoms with van der Waals surface area (Å²) in [6, 6.07) is 16.7. The third kappa shape index (κ3) is 5.27. The van der Waals surface area contributed by atoms with E-state index in [4.69, 9.17) is 10.5 Å². The van der Waals surface area contributed by atoms with Crippen LogP contribution in [0.3, 0.4) is 0 Å². The van der Waals surface area contributed by atoms with E-state index < -0.39 is 0 Å². The monoisotopic (exact) mass is 569 g/mol. The Morgan fingerprint density at radius 2 is 1.81 bits per heavy atom. The average Bonchev–Trinajstić information content (AvgIpc) is 3.55. The number of hydrogen-bond donors (Lipinski definition) is 2. The molecule has 2 aromatic heterocycles. The van der Waals surface area contributed by atoms with E-state index in [1.165, 1.54) is 29.1 Å². The van der Waals surface area contributed by atoms with Gasteiger partial charge >= 0.3 is 0 Å². The van der Waals surface area contributed by atoms with E-state index in [-0.39, 0.29) is 34.7 Å². The predicted molar refractivity (Wildman–Crippen MR) is 160 cm³/mol. The zero-order valence-electron chi connectivity index (χ0n) is 23.8. The molecule has 0 radical (unpaired) electrons. The number of piperidine rings is 1. The minimum atomic E-state index is -0.384. The number of hydrogen-bond acceptors (Lipinski definition) is 5. The van der Waals surface area contributed by atoms with Gasteiger partial charge in [0.15, 0.2) is 0 Å². The van der Waals surface area contributed by atoms with Crippen molar-refractivity contribution < 1.29 is 18.3 Å². The quantitative estimate of drug-likeness (QED) is 0.204. The van der Waals surface area contributed by atoms with Gasteiger partial charge in [-0.1, -0.05) is 6.07 Å². The third-order valence-corrected chi connectivity index (χ3v) is 8.16. The molecule has 9 heteroatoms. The SMILES string of the molecule is Cc1cc(Oc2cccc(F)c2)ccc1-n1ncc(C(=O)c2cc3cc(F)c(C4CCN(C(C)C)CC4)cc3[nH]2)c1N. The van der Waals surface area contributed by atoms with Crippen LogP contribution in [0.4, 0.5) is 14.6 Å². The molecule has 3 N–H and O–H groups in total. The summed E-state index contributed by atoms with van der Waals surface area (Å²) in [6.07, 6.45) is 3.24. The van der Waals surface area contributed by atoms with E-state index in [1.807, 2.05) is 13.0 Å².